The van der Waals surface area contributed by atoms with Crippen LogP contribution in [0.5, 0.6) is 0 Å². The van der Waals surface area contributed by atoms with Crippen LogP contribution in [0.4, 0.5) is 11.5 Å². The molecule has 0 saturated carbocycles. The molecule has 0 bridgehead atoms. The van der Waals surface area contributed by atoms with Crippen molar-refractivity contribution in [1.29, 1.82) is 0 Å². The topological polar surface area (TPSA) is 94.5 Å². The number of rotatable bonds is 2. The van der Waals surface area contributed by atoms with Gasteiger partial charge in [-0.3, -0.25) is 4.98 Å². The van der Waals surface area contributed by atoms with Gasteiger partial charge in [-0.05, 0) is 32.0 Å². The average Bonchev–Trinajstić information content (AvgIpc) is 3.11. The summed E-state index contributed by atoms with van der Waals surface area (Å²) in [5, 5.41) is 6.62. The first-order valence-corrected chi connectivity index (χ1v) is 9.33. The van der Waals surface area contributed by atoms with Gasteiger partial charge in [-0.2, -0.15) is 0 Å². The van der Waals surface area contributed by atoms with Gasteiger partial charge in [0.1, 0.15) is 5.82 Å². The van der Waals surface area contributed by atoms with Gasteiger partial charge in [0.25, 0.3) is 0 Å². The zero-order valence-corrected chi connectivity index (χ0v) is 15.8. The Kier molecular flexibility index (Phi) is 3.87. The number of ether oxygens (including phenoxy) is 1. The zero-order chi connectivity index (χ0) is 19.3. The maximum absolute atomic E-state index is 5.92. The van der Waals surface area contributed by atoms with Crippen molar-refractivity contribution in [3.05, 3.63) is 42.5 Å². The maximum atomic E-state index is 5.92. The summed E-state index contributed by atoms with van der Waals surface area (Å²) in [6.07, 6.45) is 5.80. The molecule has 5 rings (SSSR count). The van der Waals surface area contributed by atoms with Crippen molar-refractivity contribution in [1.82, 2.24) is 24.6 Å². The van der Waals surface area contributed by atoms with Gasteiger partial charge in [-0.25, -0.2) is 14.5 Å². The van der Waals surface area contributed by atoms with Crippen LogP contribution in [0.3, 0.4) is 0 Å². The molecule has 4 aromatic rings. The summed E-state index contributed by atoms with van der Waals surface area (Å²) in [4.78, 5) is 15.7. The molecule has 5 heterocycles. The number of pyridine rings is 3. The number of hydrogen-bond donors (Lipinski definition) is 1. The molecule has 0 unspecified atom stereocenters. The third-order valence-electron chi connectivity index (χ3n) is 5.15. The Morgan fingerprint density at radius 1 is 1.18 bits per heavy atom. The Bertz CT molecular complexity index is 1190. The second kappa shape index (κ2) is 6.42. The smallest absolute Gasteiger partial charge is 0.184 e. The standard InChI is InChI=1S/C20H21N7O/c1-12-10-26(5-6-28-12)14-3-4-19-24-20(25-27(19)11-14)17-9-22-13(2)16-8-23-18(21)7-15(16)17/h3-4,7-9,11-12H,5-6,10H2,1-2H3,(H2,21,23)/t12-/m0/s1. The van der Waals surface area contributed by atoms with Crippen molar-refractivity contribution >= 4 is 27.9 Å². The number of nitrogens with zero attached hydrogens (tertiary/aromatic N) is 6. The SMILES string of the molecule is Cc1ncc(-c2nc3ccc(N4CCO[C@@H](C)C4)cn3n2)c2cc(N)ncc12. The fourth-order valence-electron chi connectivity index (χ4n) is 3.69. The predicted octanol–water partition coefficient (Wildman–Crippen LogP) is 2.46. The molecule has 1 fully saturated rings. The summed E-state index contributed by atoms with van der Waals surface area (Å²) in [5.74, 6) is 1.09. The van der Waals surface area contributed by atoms with Crippen LogP contribution in [0.1, 0.15) is 12.6 Å². The molecule has 0 spiro atoms. The second-order valence-corrected chi connectivity index (χ2v) is 7.16. The number of nitrogen functional groups attached to an aromatic ring is 1. The third kappa shape index (κ3) is 2.82. The predicted molar refractivity (Wildman–Crippen MR) is 108 cm³/mol. The highest BCUT2D eigenvalue weighted by Crippen LogP contribution is 2.29. The molecule has 0 amide bonds. The largest absolute Gasteiger partial charge is 0.384 e. The molecule has 1 atom stereocenters. The highest BCUT2D eigenvalue weighted by atomic mass is 16.5. The van der Waals surface area contributed by atoms with Crippen molar-refractivity contribution in [2.75, 3.05) is 30.3 Å². The van der Waals surface area contributed by atoms with Crippen molar-refractivity contribution in [3.8, 4) is 11.4 Å². The van der Waals surface area contributed by atoms with Gasteiger partial charge in [0, 0.05) is 47.5 Å². The second-order valence-electron chi connectivity index (χ2n) is 7.16. The Morgan fingerprint density at radius 3 is 2.93 bits per heavy atom. The fourth-order valence-corrected chi connectivity index (χ4v) is 3.69. The van der Waals surface area contributed by atoms with Gasteiger partial charge in [0.05, 0.1) is 24.6 Å². The van der Waals surface area contributed by atoms with Crippen LogP contribution in [0, 0.1) is 6.92 Å². The maximum Gasteiger partial charge on any atom is 0.184 e. The lowest BCUT2D eigenvalue weighted by atomic mass is 10.1. The molecule has 4 aromatic heterocycles. The molecular weight excluding hydrogens is 354 g/mol. The van der Waals surface area contributed by atoms with Crippen molar-refractivity contribution in [2.45, 2.75) is 20.0 Å². The van der Waals surface area contributed by atoms with E-state index in [1.807, 2.05) is 29.8 Å². The summed E-state index contributed by atoms with van der Waals surface area (Å²) in [5.41, 5.74) is 9.56. The number of hydrogen-bond acceptors (Lipinski definition) is 7. The van der Waals surface area contributed by atoms with E-state index >= 15 is 0 Å². The molecule has 8 heteroatoms. The van der Waals surface area contributed by atoms with E-state index in [4.69, 9.17) is 20.6 Å². The first-order chi connectivity index (χ1) is 13.6. The number of anilines is 2. The summed E-state index contributed by atoms with van der Waals surface area (Å²) >= 11 is 0. The molecule has 0 aromatic carbocycles. The van der Waals surface area contributed by atoms with E-state index in [9.17, 15) is 0 Å². The highest BCUT2D eigenvalue weighted by molar-refractivity contribution is 5.96. The van der Waals surface area contributed by atoms with Gasteiger partial charge in [0.15, 0.2) is 11.5 Å². The Morgan fingerprint density at radius 2 is 2.07 bits per heavy atom. The molecule has 142 valence electrons. The van der Waals surface area contributed by atoms with Gasteiger partial charge in [-0.1, -0.05) is 0 Å². The number of nitrogens with two attached hydrogens (primary N) is 1. The number of morpholine rings is 1. The van der Waals surface area contributed by atoms with E-state index in [-0.39, 0.29) is 6.10 Å². The minimum absolute atomic E-state index is 0.222. The molecule has 2 N–H and O–H groups in total. The molecular formula is C20H21N7O. The Hall–Kier alpha value is -3.26. The highest BCUT2D eigenvalue weighted by Gasteiger charge is 2.18. The third-order valence-corrected chi connectivity index (χ3v) is 5.15. The van der Waals surface area contributed by atoms with Gasteiger partial charge in [0.2, 0.25) is 0 Å². The van der Waals surface area contributed by atoms with Crippen LogP contribution in [0.2, 0.25) is 0 Å². The number of aryl methyl sites for hydroxylation is 1. The lowest BCUT2D eigenvalue weighted by molar-refractivity contribution is 0.0532. The van der Waals surface area contributed by atoms with E-state index in [1.165, 1.54) is 0 Å². The molecule has 1 aliphatic rings. The zero-order valence-electron chi connectivity index (χ0n) is 15.8. The Labute approximate surface area is 162 Å². The first kappa shape index (κ1) is 16.9. The van der Waals surface area contributed by atoms with E-state index in [0.29, 0.717) is 11.6 Å². The van der Waals surface area contributed by atoms with Crippen molar-refractivity contribution < 1.29 is 4.74 Å². The summed E-state index contributed by atoms with van der Waals surface area (Å²) in [7, 11) is 0. The molecule has 0 radical (unpaired) electrons. The van der Waals surface area contributed by atoms with E-state index in [0.717, 1.165) is 53.1 Å². The van der Waals surface area contributed by atoms with Crippen molar-refractivity contribution in [2.24, 2.45) is 0 Å². The average molecular weight is 375 g/mol. The summed E-state index contributed by atoms with van der Waals surface area (Å²) < 4.78 is 7.46. The number of aromatic nitrogens is 5. The number of fused-ring (bicyclic) bond motifs is 2. The fraction of sp³-hybridized carbons (Fsp3) is 0.300. The van der Waals surface area contributed by atoms with Crippen LogP contribution >= 0.6 is 0 Å². The summed E-state index contributed by atoms with van der Waals surface area (Å²) in [6, 6.07) is 5.93. The summed E-state index contributed by atoms with van der Waals surface area (Å²) in [6.45, 7) is 6.52. The van der Waals surface area contributed by atoms with Gasteiger partial charge < -0.3 is 15.4 Å². The Balaban J connectivity index is 1.60. The minimum atomic E-state index is 0.222. The van der Waals surface area contributed by atoms with E-state index < -0.39 is 0 Å². The van der Waals surface area contributed by atoms with E-state index in [1.54, 1.807) is 12.4 Å². The van der Waals surface area contributed by atoms with Crippen LogP contribution in [0.25, 0.3) is 27.8 Å². The quantitative estimate of drug-likeness (QED) is 0.575. The van der Waals surface area contributed by atoms with Crippen LogP contribution < -0.4 is 10.6 Å². The lowest BCUT2D eigenvalue weighted by Crippen LogP contribution is -2.41. The van der Waals surface area contributed by atoms with Gasteiger partial charge >= 0.3 is 0 Å². The van der Waals surface area contributed by atoms with Crippen LogP contribution in [0.15, 0.2) is 36.8 Å². The van der Waals surface area contributed by atoms with Crippen molar-refractivity contribution in [3.63, 3.8) is 0 Å². The van der Waals surface area contributed by atoms with Gasteiger partial charge in [-0.15, -0.1) is 5.10 Å². The molecule has 28 heavy (non-hydrogen) atoms. The van der Waals surface area contributed by atoms with Crippen LogP contribution in [-0.2, 0) is 4.74 Å². The molecule has 8 nitrogen and oxygen atoms in total. The van der Waals surface area contributed by atoms with Crippen LogP contribution in [-0.4, -0.2) is 50.4 Å². The first-order valence-electron chi connectivity index (χ1n) is 9.33. The van der Waals surface area contributed by atoms with E-state index in [2.05, 4.69) is 27.9 Å². The molecule has 0 aliphatic carbocycles. The lowest BCUT2D eigenvalue weighted by Gasteiger charge is -2.32. The molecule has 1 aliphatic heterocycles. The monoisotopic (exact) mass is 375 g/mol. The normalized spacial score (nSPS) is 17.5. The molecule has 1 saturated heterocycles. The minimum Gasteiger partial charge on any atom is -0.384 e.